The molecule has 0 amide bonds. The Bertz CT molecular complexity index is 764. The van der Waals surface area contributed by atoms with Gasteiger partial charge in [-0.25, -0.2) is 22.0 Å². The molecule has 0 aliphatic rings. The molecule has 0 aliphatic carbocycles. The number of hydrogen-bond acceptors (Lipinski definition) is 4. The first-order valence-corrected chi connectivity index (χ1v) is 6.94. The first-order chi connectivity index (χ1) is 9.31. The van der Waals surface area contributed by atoms with Crippen LogP contribution in [0.2, 0.25) is 0 Å². The summed E-state index contributed by atoms with van der Waals surface area (Å²) in [6.07, 6.45) is 1.01. The summed E-state index contributed by atoms with van der Waals surface area (Å²) in [7, 11) is -4.26. The Morgan fingerprint density at radius 2 is 1.95 bits per heavy atom. The molecule has 2 rings (SSSR count). The smallest absolute Gasteiger partial charge is 0.339 e. The Morgan fingerprint density at radius 3 is 2.60 bits per heavy atom. The number of furan rings is 1. The number of carbonyl (C=O) groups is 1. The van der Waals surface area contributed by atoms with Gasteiger partial charge in [-0.3, -0.25) is 0 Å². The molecule has 0 aliphatic heterocycles. The van der Waals surface area contributed by atoms with Gasteiger partial charge >= 0.3 is 5.97 Å². The fourth-order valence-electron chi connectivity index (χ4n) is 1.61. The predicted octanol–water partition coefficient (Wildman–Crippen LogP) is 2.23. The first-order valence-electron chi connectivity index (χ1n) is 5.29. The van der Waals surface area contributed by atoms with Crippen molar-refractivity contribution in [1.29, 1.82) is 0 Å². The van der Waals surface area contributed by atoms with Crippen LogP contribution in [0.1, 0.15) is 16.1 Å². The number of halogens is 2. The van der Waals surface area contributed by atoms with Crippen LogP contribution in [0.25, 0.3) is 0 Å². The molecule has 0 saturated carbocycles. The highest BCUT2D eigenvalue weighted by atomic mass is 32.2. The van der Waals surface area contributed by atoms with Crippen molar-refractivity contribution in [2.45, 2.75) is 10.6 Å². The maximum Gasteiger partial charge on any atom is 0.339 e. The van der Waals surface area contributed by atoms with Crippen LogP contribution < -0.4 is 0 Å². The van der Waals surface area contributed by atoms with Gasteiger partial charge in [0.2, 0.25) is 0 Å². The summed E-state index contributed by atoms with van der Waals surface area (Å²) in [5.41, 5.74) is -0.342. The van der Waals surface area contributed by atoms with Gasteiger partial charge in [-0.1, -0.05) is 0 Å². The molecule has 0 unspecified atom stereocenters. The monoisotopic (exact) mass is 302 g/mol. The average molecular weight is 302 g/mol. The number of benzene rings is 1. The van der Waals surface area contributed by atoms with Gasteiger partial charge in [0.25, 0.3) is 0 Å². The molecule has 106 valence electrons. The second-order valence-corrected chi connectivity index (χ2v) is 5.85. The minimum absolute atomic E-state index is 0.342. The molecule has 0 fully saturated rings. The van der Waals surface area contributed by atoms with Crippen molar-refractivity contribution in [3.05, 3.63) is 53.5 Å². The van der Waals surface area contributed by atoms with Crippen LogP contribution in [-0.4, -0.2) is 19.5 Å². The lowest BCUT2D eigenvalue weighted by Gasteiger charge is -2.05. The molecule has 8 heteroatoms. The highest BCUT2D eigenvalue weighted by Gasteiger charge is 2.25. The van der Waals surface area contributed by atoms with Gasteiger partial charge < -0.3 is 9.52 Å². The lowest BCUT2D eigenvalue weighted by Crippen LogP contribution is -2.10. The van der Waals surface area contributed by atoms with Crippen LogP contribution in [-0.2, 0) is 15.6 Å². The zero-order valence-electron chi connectivity index (χ0n) is 9.84. The van der Waals surface area contributed by atoms with E-state index < -0.39 is 38.1 Å². The van der Waals surface area contributed by atoms with Crippen molar-refractivity contribution in [1.82, 2.24) is 0 Å². The predicted molar refractivity (Wildman–Crippen MR) is 62.9 cm³/mol. The van der Waals surface area contributed by atoms with Crippen molar-refractivity contribution < 1.29 is 31.5 Å². The zero-order chi connectivity index (χ0) is 14.9. The van der Waals surface area contributed by atoms with Crippen molar-refractivity contribution in [2.24, 2.45) is 0 Å². The molecule has 0 spiro atoms. The largest absolute Gasteiger partial charge is 0.478 e. The average Bonchev–Trinajstić information content (AvgIpc) is 2.79. The fraction of sp³-hybridized carbons (Fsp3) is 0.0833. The van der Waals surface area contributed by atoms with E-state index in [4.69, 9.17) is 9.52 Å². The number of aromatic carboxylic acids is 1. The molecule has 1 aromatic heterocycles. The van der Waals surface area contributed by atoms with Crippen molar-refractivity contribution in [3.8, 4) is 0 Å². The Labute approximate surface area is 112 Å². The van der Waals surface area contributed by atoms with Crippen LogP contribution in [0, 0.1) is 11.6 Å². The van der Waals surface area contributed by atoms with Gasteiger partial charge in [0, 0.05) is 0 Å². The first kappa shape index (κ1) is 14.2. The van der Waals surface area contributed by atoms with Crippen LogP contribution in [0.5, 0.6) is 0 Å². The topological polar surface area (TPSA) is 84.6 Å². The molecule has 20 heavy (non-hydrogen) atoms. The minimum atomic E-state index is -4.26. The van der Waals surface area contributed by atoms with Gasteiger partial charge in [-0.05, 0) is 24.3 Å². The summed E-state index contributed by atoms with van der Waals surface area (Å²) in [5.74, 6) is -4.62. The summed E-state index contributed by atoms with van der Waals surface area (Å²) in [6, 6.07) is 3.08. The van der Waals surface area contributed by atoms with Crippen LogP contribution in [0.3, 0.4) is 0 Å². The highest BCUT2D eigenvalue weighted by Crippen LogP contribution is 2.23. The van der Waals surface area contributed by atoms with Crippen LogP contribution in [0.15, 0.2) is 39.8 Å². The quantitative estimate of drug-likeness (QED) is 0.936. The Morgan fingerprint density at radius 1 is 1.25 bits per heavy atom. The molecule has 0 atom stereocenters. The molecule has 1 N–H and O–H groups in total. The van der Waals surface area contributed by atoms with Crippen molar-refractivity contribution in [3.63, 3.8) is 0 Å². The van der Waals surface area contributed by atoms with E-state index in [1.54, 1.807) is 0 Å². The van der Waals surface area contributed by atoms with E-state index in [0.29, 0.717) is 12.1 Å². The van der Waals surface area contributed by atoms with Gasteiger partial charge in [-0.2, -0.15) is 0 Å². The molecule has 1 aromatic carbocycles. The number of carboxylic acid groups (broad SMARTS) is 1. The summed E-state index contributed by atoms with van der Waals surface area (Å²) < 4.78 is 55.2. The van der Waals surface area contributed by atoms with Crippen molar-refractivity contribution in [2.75, 3.05) is 0 Å². The lowest BCUT2D eigenvalue weighted by molar-refractivity contribution is 0.0695. The normalized spacial score (nSPS) is 11.5. The van der Waals surface area contributed by atoms with E-state index in [1.807, 2.05) is 0 Å². The third-order valence-corrected chi connectivity index (χ3v) is 4.15. The molecule has 5 nitrogen and oxygen atoms in total. The van der Waals surface area contributed by atoms with Gasteiger partial charge in [-0.15, -0.1) is 0 Å². The lowest BCUT2D eigenvalue weighted by atomic mass is 10.3. The molecule has 1 heterocycles. The van der Waals surface area contributed by atoms with Crippen molar-refractivity contribution >= 4 is 15.8 Å². The minimum Gasteiger partial charge on any atom is -0.478 e. The van der Waals surface area contributed by atoms with Gasteiger partial charge in [0.15, 0.2) is 9.84 Å². The third kappa shape index (κ3) is 2.69. The Hall–Kier alpha value is -2.22. The fourth-order valence-corrected chi connectivity index (χ4v) is 2.99. The van der Waals surface area contributed by atoms with Crippen LogP contribution >= 0.6 is 0 Å². The summed E-state index contributed by atoms with van der Waals surface area (Å²) >= 11 is 0. The molecule has 0 saturated heterocycles. The highest BCUT2D eigenvalue weighted by molar-refractivity contribution is 7.90. The number of rotatable bonds is 4. The van der Waals surface area contributed by atoms with E-state index in [2.05, 4.69) is 0 Å². The molecule has 0 bridgehead atoms. The van der Waals surface area contributed by atoms with Crippen LogP contribution in [0.4, 0.5) is 8.78 Å². The number of sulfone groups is 1. The zero-order valence-corrected chi connectivity index (χ0v) is 10.7. The SMILES string of the molecule is O=C(O)c1ccoc1CS(=O)(=O)c1cc(F)ccc1F. The maximum absolute atomic E-state index is 13.5. The second kappa shape index (κ2) is 5.04. The van der Waals surface area contributed by atoms with E-state index in [-0.39, 0.29) is 11.3 Å². The van der Waals surface area contributed by atoms with E-state index in [9.17, 15) is 22.0 Å². The molecule has 0 radical (unpaired) electrons. The molecule has 2 aromatic rings. The van der Waals surface area contributed by atoms with E-state index in [0.717, 1.165) is 18.4 Å². The van der Waals surface area contributed by atoms with Gasteiger partial charge in [0.05, 0.1) is 6.26 Å². The number of carboxylic acids is 1. The Kier molecular flexibility index (Phi) is 3.58. The van der Waals surface area contributed by atoms with E-state index in [1.165, 1.54) is 0 Å². The Balaban J connectivity index is 2.44. The van der Waals surface area contributed by atoms with E-state index >= 15 is 0 Å². The third-order valence-electron chi connectivity index (χ3n) is 2.53. The number of hydrogen-bond donors (Lipinski definition) is 1. The summed E-state index contributed by atoms with van der Waals surface area (Å²) in [4.78, 5) is 10.00. The summed E-state index contributed by atoms with van der Waals surface area (Å²) in [5, 5.41) is 8.83. The standard InChI is InChI=1S/C12H8F2O5S/c13-7-1-2-9(14)11(5-7)20(17,18)6-10-8(12(15)16)3-4-19-10/h1-5H,6H2,(H,15,16). The summed E-state index contributed by atoms with van der Waals surface area (Å²) in [6.45, 7) is 0. The van der Waals surface area contributed by atoms with Gasteiger partial charge in [0.1, 0.15) is 33.6 Å². The molecular formula is C12H8F2O5S. The second-order valence-electron chi connectivity index (χ2n) is 3.90. The molecular weight excluding hydrogens is 294 g/mol. The maximum atomic E-state index is 13.5.